The Balaban J connectivity index is 2.75. The quantitative estimate of drug-likeness (QED) is 0.752. The summed E-state index contributed by atoms with van der Waals surface area (Å²) in [5.74, 6) is 0.827. The second-order valence-electron chi connectivity index (χ2n) is 4.97. The third-order valence-corrected chi connectivity index (χ3v) is 3.65. The largest absolute Gasteiger partial charge is 0.391 e. The van der Waals surface area contributed by atoms with Gasteiger partial charge in [-0.2, -0.15) is 5.26 Å². The third-order valence-electron chi connectivity index (χ3n) is 3.65. The summed E-state index contributed by atoms with van der Waals surface area (Å²) in [6.45, 7) is 6.14. The molecule has 0 aromatic carbocycles. The molecule has 0 bridgehead atoms. The predicted octanol–water partition coefficient (Wildman–Crippen LogP) is 2.72. The first-order valence-corrected chi connectivity index (χ1v) is 5.65. The molecule has 0 aromatic heterocycles. The molecular formula is C12H21NO. The average Bonchev–Trinajstić information content (AvgIpc) is 2.61. The Hall–Kier alpha value is -0.550. The van der Waals surface area contributed by atoms with E-state index in [0.717, 1.165) is 25.7 Å². The SMILES string of the molecule is CCC1CCC(C#N)(C(O)C(C)C)C1. The number of hydrogen-bond donors (Lipinski definition) is 1. The summed E-state index contributed by atoms with van der Waals surface area (Å²) in [6.07, 6.45) is 3.55. The maximum atomic E-state index is 10.1. The summed E-state index contributed by atoms with van der Waals surface area (Å²) in [4.78, 5) is 0. The van der Waals surface area contributed by atoms with Gasteiger partial charge in [-0.3, -0.25) is 0 Å². The molecule has 0 aliphatic heterocycles. The standard InChI is InChI=1S/C12H21NO/c1-4-10-5-6-12(7-10,8-13)11(14)9(2)3/h9-11,14H,4-7H2,1-3H3. The van der Waals surface area contributed by atoms with E-state index in [1.807, 2.05) is 13.8 Å². The molecule has 1 N–H and O–H groups in total. The van der Waals surface area contributed by atoms with Gasteiger partial charge < -0.3 is 5.11 Å². The van der Waals surface area contributed by atoms with E-state index in [9.17, 15) is 10.4 Å². The van der Waals surface area contributed by atoms with E-state index in [1.54, 1.807) is 0 Å². The van der Waals surface area contributed by atoms with E-state index in [1.165, 1.54) is 0 Å². The average molecular weight is 195 g/mol. The summed E-state index contributed by atoms with van der Waals surface area (Å²) in [7, 11) is 0. The summed E-state index contributed by atoms with van der Waals surface area (Å²) < 4.78 is 0. The predicted molar refractivity (Wildman–Crippen MR) is 56.5 cm³/mol. The van der Waals surface area contributed by atoms with Crippen LogP contribution in [0.15, 0.2) is 0 Å². The van der Waals surface area contributed by atoms with Gasteiger partial charge in [-0.1, -0.05) is 27.2 Å². The van der Waals surface area contributed by atoms with Gasteiger partial charge in [0.25, 0.3) is 0 Å². The van der Waals surface area contributed by atoms with Crippen molar-refractivity contribution in [2.24, 2.45) is 17.3 Å². The number of aliphatic hydroxyl groups excluding tert-OH is 1. The van der Waals surface area contributed by atoms with Gasteiger partial charge in [0, 0.05) is 0 Å². The lowest BCUT2D eigenvalue weighted by atomic mass is 9.76. The van der Waals surface area contributed by atoms with Gasteiger partial charge in [0.15, 0.2) is 0 Å². The lowest BCUT2D eigenvalue weighted by Gasteiger charge is -2.30. The lowest BCUT2D eigenvalue weighted by molar-refractivity contribution is 0.0263. The van der Waals surface area contributed by atoms with Crippen LogP contribution in [0.25, 0.3) is 0 Å². The fraction of sp³-hybridized carbons (Fsp3) is 0.917. The highest BCUT2D eigenvalue weighted by Gasteiger charge is 2.45. The normalized spacial score (nSPS) is 34.4. The molecule has 3 unspecified atom stereocenters. The molecule has 0 amide bonds. The molecule has 1 fully saturated rings. The number of nitriles is 1. The van der Waals surface area contributed by atoms with Gasteiger partial charge in [0.05, 0.1) is 17.6 Å². The molecule has 0 heterocycles. The van der Waals surface area contributed by atoms with Crippen molar-refractivity contribution in [1.82, 2.24) is 0 Å². The second kappa shape index (κ2) is 4.31. The van der Waals surface area contributed by atoms with Crippen molar-refractivity contribution < 1.29 is 5.11 Å². The zero-order chi connectivity index (χ0) is 10.8. The van der Waals surface area contributed by atoms with Gasteiger partial charge in [-0.05, 0) is 31.1 Å². The zero-order valence-corrected chi connectivity index (χ0v) is 9.45. The molecule has 0 saturated heterocycles. The molecular weight excluding hydrogens is 174 g/mol. The summed E-state index contributed by atoms with van der Waals surface area (Å²) in [5, 5.41) is 19.3. The van der Waals surface area contributed by atoms with Crippen molar-refractivity contribution in [3.05, 3.63) is 0 Å². The first-order chi connectivity index (χ1) is 6.55. The fourth-order valence-corrected chi connectivity index (χ4v) is 2.60. The highest BCUT2D eigenvalue weighted by atomic mass is 16.3. The van der Waals surface area contributed by atoms with E-state index in [-0.39, 0.29) is 5.92 Å². The molecule has 2 nitrogen and oxygen atoms in total. The van der Waals surface area contributed by atoms with Crippen molar-refractivity contribution in [2.75, 3.05) is 0 Å². The molecule has 0 aromatic rings. The van der Waals surface area contributed by atoms with Crippen LogP contribution in [0, 0.1) is 28.6 Å². The van der Waals surface area contributed by atoms with E-state index in [0.29, 0.717) is 5.92 Å². The molecule has 1 rings (SSSR count). The number of rotatable bonds is 3. The molecule has 1 saturated carbocycles. The number of aliphatic hydroxyl groups is 1. The van der Waals surface area contributed by atoms with Crippen molar-refractivity contribution >= 4 is 0 Å². The van der Waals surface area contributed by atoms with Gasteiger partial charge in [-0.25, -0.2) is 0 Å². The summed E-state index contributed by atoms with van der Waals surface area (Å²) >= 11 is 0. The third kappa shape index (κ3) is 1.93. The van der Waals surface area contributed by atoms with Crippen LogP contribution in [0.1, 0.15) is 46.5 Å². The molecule has 1 aliphatic carbocycles. The first kappa shape index (κ1) is 11.5. The van der Waals surface area contributed by atoms with Gasteiger partial charge in [0.1, 0.15) is 0 Å². The van der Waals surface area contributed by atoms with Crippen molar-refractivity contribution in [1.29, 1.82) is 5.26 Å². The zero-order valence-electron chi connectivity index (χ0n) is 9.45. The van der Waals surface area contributed by atoms with E-state index in [4.69, 9.17) is 0 Å². The molecule has 0 spiro atoms. The van der Waals surface area contributed by atoms with Gasteiger partial charge in [-0.15, -0.1) is 0 Å². The van der Waals surface area contributed by atoms with E-state index < -0.39 is 11.5 Å². The van der Waals surface area contributed by atoms with Crippen molar-refractivity contribution in [3.63, 3.8) is 0 Å². The Morgan fingerprint density at radius 3 is 2.57 bits per heavy atom. The van der Waals surface area contributed by atoms with Crippen LogP contribution in [0.4, 0.5) is 0 Å². The van der Waals surface area contributed by atoms with Crippen LogP contribution < -0.4 is 0 Å². The molecule has 80 valence electrons. The van der Waals surface area contributed by atoms with Crippen LogP contribution in [-0.4, -0.2) is 11.2 Å². The van der Waals surface area contributed by atoms with Crippen LogP contribution >= 0.6 is 0 Å². The van der Waals surface area contributed by atoms with Crippen LogP contribution in [-0.2, 0) is 0 Å². The number of hydrogen-bond acceptors (Lipinski definition) is 2. The maximum Gasteiger partial charge on any atom is 0.0837 e. The monoisotopic (exact) mass is 195 g/mol. The van der Waals surface area contributed by atoms with Gasteiger partial charge in [0.2, 0.25) is 0 Å². The Bertz CT molecular complexity index is 231. The topological polar surface area (TPSA) is 44.0 Å². The van der Waals surface area contributed by atoms with Crippen LogP contribution in [0.2, 0.25) is 0 Å². The number of nitrogens with zero attached hydrogens (tertiary/aromatic N) is 1. The van der Waals surface area contributed by atoms with Crippen molar-refractivity contribution in [3.8, 4) is 6.07 Å². The van der Waals surface area contributed by atoms with E-state index >= 15 is 0 Å². The molecule has 1 aliphatic rings. The Kier molecular flexibility index (Phi) is 3.55. The minimum atomic E-state index is -0.455. The fourth-order valence-electron chi connectivity index (χ4n) is 2.60. The first-order valence-electron chi connectivity index (χ1n) is 5.65. The minimum absolute atomic E-state index is 0.185. The Morgan fingerprint density at radius 2 is 2.21 bits per heavy atom. The molecule has 3 atom stereocenters. The molecule has 14 heavy (non-hydrogen) atoms. The molecule has 0 radical (unpaired) electrons. The molecule has 2 heteroatoms. The van der Waals surface area contributed by atoms with Crippen LogP contribution in [0.3, 0.4) is 0 Å². The van der Waals surface area contributed by atoms with E-state index in [2.05, 4.69) is 13.0 Å². The van der Waals surface area contributed by atoms with Crippen LogP contribution in [0.5, 0.6) is 0 Å². The lowest BCUT2D eigenvalue weighted by Crippen LogP contribution is -2.35. The second-order valence-corrected chi connectivity index (χ2v) is 4.97. The Morgan fingerprint density at radius 1 is 1.57 bits per heavy atom. The Labute approximate surface area is 86.9 Å². The highest BCUT2D eigenvalue weighted by molar-refractivity contribution is 5.08. The summed E-state index contributed by atoms with van der Waals surface area (Å²) in [5.41, 5.74) is -0.450. The minimum Gasteiger partial charge on any atom is -0.391 e. The van der Waals surface area contributed by atoms with Crippen molar-refractivity contribution in [2.45, 2.75) is 52.6 Å². The summed E-state index contributed by atoms with van der Waals surface area (Å²) in [6, 6.07) is 2.37. The smallest absolute Gasteiger partial charge is 0.0837 e. The maximum absolute atomic E-state index is 10.1. The highest BCUT2D eigenvalue weighted by Crippen LogP contribution is 2.46. The van der Waals surface area contributed by atoms with Gasteiger partial charge >= 0.3 is 0 Å².